The van der Waals surface area contributed by atoms with Gasteiger partial charge < -0.3 is 15.0 Å². The first kappa shape index (κ1) is 21.6. The van der Waals surface area contributed by atoms with Crippen LogP contribution in [0.2, 0.25) is 0 Å². The van der Waals surface area contributed by atoms with Crippen molar-refractivity contribution in [1.29, 1.82) is 0 Å². The average Bonchev–Trinajstić information content (AvgIpc) is 3.30. The molecule has 2 aliphatic rings. The number of aryl methyl sites for hydroxylation is 1. The molecular formula is C27H30N4O2. The van der Waals surface area contributed by atoms with Crippen LogP contribution in [0.5, 0.6) is 0 Å². The Labute approximate surface area is 195 Å². The van der Waals surface area contributed by atoms with E-state index in [9.17, 15) is 4.79 Å². The molecule has 1 unspecified atom stereocenters. The number of nitrogens with zero attached hydrogens (tertiary/aromatic N) is 3. The quantitative estimate of drug-likeness (QED) is 0.624. The second-order valence-electron chi connectivity index (χ2n) is 8.69. The zero-order valence-electron chi connectivity index (χ0n) is 19.0. The van der Waals surface area contributed by atoms with Gasteiger partial charge in [-0.1, -0.05) is 48.0 Å². The molecular weight excluding hydrogens is 412 g/mol. The number of rotatable bonds is 6. The van der Waals surface area contributed by atoms with Crippen molar-refractivity contribution in [3.05, 3.63) is 89.1 Å². The summed E-state index contributed by atoms with van der Waals surface area (Å²) in [5, 5.41) is 3.51. The van der Waals surface area contributed by atoms with E-state index in [1.54, 1.807) is 6.20 Å². The third kappa shape index (κ3) is 4.63. The Balaban J connectivity index is 1.37. The van der Waals surface area contributed by atoms with Crippen LogP contribution in [0.15, 0.2) is 66.9 Å². The first-order valence-corrected chi connectivity index (χ1v) is 11.7. The highest BCUT2D eigenvalue weighted by molar-refractivity contribution is 6.10. The number of fused-ring (bicyclic) bond motifs is 1. The van der Waals surface area contributed by atoms with E-state index in [-0.39, 0.29) is 11.9 Å². The smallest absolute Gasteiger partial charge is 0.262 e. The molecule has 3 aromatic rings. The summed E-state index contributed by atoms with van der Waals surface area (Å²) in [5.41, 5.74) is 5.33. The van der Waals surface area contributed by atoms with Crippen LogP contribution in [-0.4, -0.2) is 55.2 Å². The van der Waals surface area contributed by atoms with Gasteiger partial charge >= 0.3 is 0 Å². The summed E-state index contributed by atoms with van der Waals surface area (Å²) in [4.78, 5) is 22.4. The molecule has 170 valence electrons. The SMILES string of the molecule is Cc1ccc(C(CNc2ncccc2C(=O)N2CCc3ccccc32)N2CCOCC2)cc1. The number of hydrogen-bond acceptors (Lipinski definition) is 5. The normalized spacial score (nSPS) is 16.9. The maximum atomic E-state index is 13.5. The number of pyridine rings is 1. The van der Waals surface area contributed by atoms with Crippen LogP contribution in [0.4, 0.5) is 11.5 Å². The Morgan fingerprint density at radius 3 is 2.64 bits per heavy atom. The molecule has 33 heavy (non-hydrogen) atoms. The zero-order chi connectivity index (χ0) is 22.6. The minimum atomic E-state index is -0.00573. The molecule has 1 saturated heterocycles. The molecule has 3 heterocycles. The molecule has 6 nitrogen and oxygen atoms in total. The second-order valence-corrected chi connectivity index (χ2v) is 8.69. The largest absolute Gasteiger partial charge is 0.379 e. The number of hydrogen-bond donors (Lipinski definition) is 1. The minimum Gasteiger partial charge on any atom is -0.379 e. The number of aromatic nitrogens is 1. The highest BCUT2D eigenvalue weighted by Gasteiger charge is 2.28. The number of amides is 1. The van der Waals surface area contributed by atoms with Crippen LogP contribution in [0.25, 0.3) is 0 Å². The maximum Gasteiger partial charge on any atom is 0.262 e. The molecule has 0 aliphatic carbocycles. The predicted octanol–water partition coefficient (Wildman–Crippen LogP) is 4.08. The molecule has 6 heteroatoms. The molecule has 1 fully saturated rings. The third-order valence-corrected chi connectivity index (χ3v) is 6.58. The van der Waals surface area contributed by atoms with Crippen LogP contribution in [0.1, 0.15) is 33.1 Å². The van der Waals surface area contributed by atoms with Gasteiger partial charge in [-0.3, -0.25) is 9.69 Å². The van der Waals surface area contributed by atoms with Crippen molar-refractivity contribution in [3.8, 4) is 0 Å². The summed E-state index contributed by atoms with van der Waals surface area (Å²) in [6.45, 7) is 6.73. The third-order valence-electron chi connectivity index (χ3n) is 6.58. The monoisotopic (exact) mass is 442 g/mol. The molecule has 1 N–H and O–H groups in total. The topological polar surface area (TPSA) is 57.7 Å². The van der Waals surface area contributed by atoms with Crippen LogP contribution in [0.3, 0.4) is 0 Å². The van der Waals surface area contributed by atoms with Gasteiger partial charge in [0.25, 0.3) is 5.91 Å². The van der Waals surface area contributed by atoms with E-state index in [0.717, 1.165) is 38.4 Å². The van der Waals surface area contributed by atoms with Gasteiger partial charge in [-0.2, -0.15) is 0 Å². The van der Waals surface area contributed by atoms with Gasteiger partial charge in [0.1, 0.15) is 5.82 Å². The van der Waals surface area contributed by atoms with Crippen LogP contribution in [-0.2, 0) is 11.2 Å². The van der Waals surface area contributed by atoms with Crippen molar-refractivity contribution >= 4 is 17.4 Å². The number of anilines is 2. The van der Waals surface area contributed by atoms with E-state index < -0.39 is 0 Å². The molecule has 2 aliphatic heterocycles. The lowest BCUT2D eigenvalue weighted by Crippen LogP contribution is -2.41. The molecule has 0 saturated carbocycles. The van der Waals surface area contributed by atoms with Gasteiger partial charge in [0.2, 0.25) is 0 Å². The Hall–Kier alpha value is -3.22. The maximum absolute atomic E-state index is 13.5. The molecule has 2 aromatic carbocycles. The first-order chi connectivity index (χ1) is 16.2. The van der Waals surface area contributed by atoms with E-state index in [0.29, 0.717) is 24.5 Å². The molecule has 0 radical (unpaired) electrons. The summed E-state index contributed by atoms with van der Waals surface area (Å²) in [6.07, 6.45) is 2.63. The van der Waals surface area contributed by atoms with Gasteiger partial charge in [-0.05, 0) is 42.7 Å². The van der Waals surface area contributed by atoms with Crippen molar-refractivity contribution in [3.63, 3.8) is 0 Å². The summed E-state index contributed by atoms with van der Waals surface area (Å²) < 4.78 is 5.58. The van der Waals surface area contributed by atoms with Crippen molar-refractivity contribution < 1.29 is 9.53 Å². The lowest BCUT2D eigenvalue weighted by atomic mass is 10.0. The fourth-order valence-corrected chi connectivity index (χ4v) is 4.74. The Bertz CT molecular complexity index is 1110. The second kappa shape index (κ2) is 9.73. The van der Waals surface area contributed by atoms with Crippen molar-refractivity contribution in [2.45, 2.75) is 19.4 Å². The molecule has 1 aromatic heterocycles. The Morgan fingerprint density at radius 1 is 1.03 bits per heavy atom. The number of carbonyl (C=O) groups is 1. The van der Waals surface area contributed by atoms with Gasteiger partial charge in [0.05, 0.1) is 24.8 Å². The van der Waals surface area contributed by atoms with Crippen molar-refractivity contribution in [1.82, 2.24) is 9.88 Å². The lowest BCUT2D eigenvalue weighted by Gasteiger charge is -2.35. The average molecular weight is 443 g/mol. The standard InChI is InChI=1S/C27H30N4O2/c1-20-8-10-22(11-9-20)25(30-15-17-33-18-16-30)19-29-26-23(6-4-13-28-26)27(32)31-14-12-21-5-2-3-7-24(21)31/h2-11,13,25H,12,14-19H2,1H3,(H,28,29). The zero-order valence-corrected chi connectivity index (χ0v) is 19.0. The van der Waals surface area contributed by atoms with E-state index in [1.807, 2.05) is 35.2 Å². The highest BCUT2D eigenvalue weighted by atomic mass is 16.5. The fourth-order valence-electron chi connectivity index (χ4n) is 4.74. The molecule has 0 bridgehead atoms. The number of morpholine rings is 1. The lowest BCUT2D eigenvalue weighted by molar-refractivity contribution is 0.0187. The molecule has 1 amide bonds. The van der Waals surface area contributed by atoms with Gasteiger partial charge in [0, 0.05) is 38.1 Å². The van der Waals surface area contributed by atoms with Crippen molar-refractivity contribution in [2.75, 3.05) is 49.6 Å². The van der Waals surface area contributed by atoms with Crippen LogP contribution >= 0.6 is 0 Å². The van der Waals surface area contributed by atoms with E-state index in [1.165, 1.54) is 16.7 Å². The number of benzene rings is 2. The summed E-state index contributed by atoms with van der Waals surface area (Å²) in [6, 6.07) is 20.7. The van der Waals surface area contributed by atoms with Gasteiger partial charge in [-0.15, -0.1) is 0 Å². The highest BCUT2D eigenvalue weighted by Crippen LogP contribution is 2.30. The number of nitrogens with one attached hydrogen (secondary N) is 1. The van der Waals surface area contributed by atoms with E-state index in [2.05, 4.69) is 52.5 Å². The summed E-state index contributed by atoms with van der Waals surface area (Å²) in [5.74, 6) is 0.631. The Morgan fingerprint density at radius 2 is 1.82 bits per heavy atom. The van der Waals surface area contributed by atoms with Gasteiger partial charge in [0.15, 0.2) is 0 Å². The van der Waals surface area contributed by atoms with Crippen LogP contribution in [0, 0.1) is 6.92 Å². The van der Waals surface area contributed by atoms with E-state index >= 15 is 0 Å². The first-order valence-electron chi connectivity index (χ1n) is 11.7. The molecule has 0 spiro atoms. The Kier molecular flexibility index (Phi) is 6.37. The minimum absolute atomic E-state index is 0.00573. The van der Waals surface area contributed by atoms with Crippen LogP contribution < -0.4 is 10.2 Å². The molecule has 1 atom stereocenters. The van der Waals surface area contributed by atoms with Crippen molar-refractivity contribution in [2.24, 2.45) is 0 Å². The fraction of sp³-hybridized carbons (Fsp3) is 0.333. The van der Waals surface area contributed by atoms with Gasteiger partial charge in [-0.25, -0.2) is 4.98 Å². The van der Waals surface area contributed by atoms with E-state index in [4.69, 9.17) is 4.74 Å². The number of para-hydroxylation sites is 1. The predicted molar refractivity (Wildman–Crippen MR) is 131 cm³/mol. The number of ether oxygens (including phenoxy) is 1. The summed E-state index contributed by atoms with van der Waals surface area (Å²) >= 11 is 0. The molecule has 5 rings (SSSR count). The number of carbonyl (C=O) groups excluding carboxylic acids is 1. The summed E-state index contributed by atoms with van der Waals surface area (Å²) in [7, 11) is 0.